The van der Waals surface area contributed by atoms with E-state index in [1.165, 1.54) is 44.9 Å². The Kier molecular flexibility index (Phi) is 12.2. The molecule has 0 spiro atoms. The van der Waals surface area contributed by atoms with E-state index < -0.39 is 0 Å². The summed E-state index contributed by atoms with van der Waals surface area (Å²) in [5.41, 5.74) is 5.36. The van der Waals surface area contributed by atoms with Crippen LogP contribution in [0, 0.1) is 0 Å². The SMILES string of the molecule is CCCCCCCCCCN(CCCC)C(N)=O. The third-order valence-electron chi connectivity index (χ3n) is 3.37. The molecule has 0 radical (unpaired) electrons. The maximum Gasteiger partial charge on any atom is 0.314 e. The van der Waals surface area contributed by atoms with Gasteiger partial charge in [-0.3, -0.25) is 0 Å². The first-order chi connectivity index (χ1) is 8.72. The third-order valence-corrected chi connectivity index (χ3v) is 3.37. The summed E-state index contributed by atoms with van der Waals surface area (Å²) in [5, 5.41) is 0. The van der Waals surface area contributed by atoms with Gasteiger partial charge in [0.15, 0.2) is 0 Å². The first-order valence-electron chi connectivity index (χ1n) is 7.76. The van der Waals surface area contributed by atoms with E-state index in [0.717, 1.165) is 32.4 Å². The average molecular weight is 256 g/mol. The summed E-state index contributed by atoms with van der Waals surface area (Å²) in [7, 11) is 0. The van der Waals surface area contributed by atoms with Gasteiger partial charge in [0, 0.05) is 13.1 Å². The summed E-state index contributed by atoms with van der Waals surface area (Å²) < 4.78 is 0. The fourth-order valence-corrected chi connectivity index (χ4v) is 2.12. The van der Waals surface area contributed by atoms with Gasteiger partial charge < -0.3 is 10.6 Å². The summed E-state index contributed by atoms with van der Waals surface area (Å²) in [5.74, 6) is 0. The lowest BCUT2D eigenvalue weighted by atomic mass is 10.1. The molecule has 2 amide bonds. The van der Waals surface area contributed by atoms with Gasteiger partial charge in [0.2, 0.25) is 0 Å². The van der Waals surface area contributed by atoms with Gasteiger partial charge in [-0.15, -0.1) is 0 Å². The second-order valence-electron chi connectivity index (χ2n) is 5.15. The molecule has 0 heterocycles. The van der Waals surface area contributed by atoms with Crippen molar-refractivity contribution in [3.63, 3.8) is 0 Å². The zero-order chi connectivity index (χ0) is 13.6. The summed E-state index contributed by atoms with van der Waals surface area (Å²) in [6.45, 7) is 6.04. The Hall–Kier alpha value is -0.730. The van der Waals surface area contributed by atoms with Crippen LogP contribution < -0.4 is 5.73 Å². The number of nitrogens with two attached hydrogens (primary N) is 1. The molecule has 0 aromatic carbocycles. The molecule has 3 heteroatoms. The number of urea groups is 1. The number of primary amides is 1. The van der Waals surface area contributed by atoms with E-state index in [4.69, 9.17) is 5.73 Å². The zero-order valence-corrected chi connectivity index (χ0v) is 12.4. The number of rotatable bonds is 12. The Labute approximate surface area is 113 Å². The largest absolute Gasteiger partial charge is 0.351 e. The zero-order valence-electron chi connectivity index (χ0n) is 12.4. The molecule has 0 bridgehead atoms. The van der Waals surface area contributed by atoms with Gasteiger partial charge in [0.05, 0.1) is 0 Å². The summed E-state index contributed by atoms with van der Waals surface area (Å²) in [6.07, 6.45) is 12.5. The minimum absolute atomic E-state index is 0.258. The maximum atomic E-state index is 11.2. The van der Waals surface area contributed by atoms with Crippen molar-refractivity contribution < 1.29 is 4.79 Å². The fourth-order valence-electron chi connectivity index (χ4n) is 2.12. The van der Waals surface area contributed by atoms with E-state index in [9.17, 15) is 4.79 Å². The Morgan fingerprint density at radius 2 is 1.22 bits per heavy atom. The Balaban J connectivity index is 3.40. The van der Waals surface area contributed by atoms with Gasteiger partial charge in [-0.2, -0.15) is 0 Å². The molecule has 0 unspecified atom stereocenters. The maximum absolute atomic E-state index is 11.2. The Morgan fingerprint density at radius 1 is 0.778 bits per heavy atom. The lowest BCUT2D eigenvalue weighted by molar-refractivity contribution is 0.205. The van der Waals surface area contributed by atoms with Crippen LogP contribution in [-0.2, 0) is 0 Å². The highest BCUT2D eigenvalue weighted by Crippen LogP contribution is 2.09. The smallest absolute Gasteiger partial charge is 0.314 e. The van der Waals surface area contributed by atoms with E-state index in [1.807, 2.05) is 0 Å². The Morgan fingerprint density at radius 3 is 1.72 bits per heavy atom. The van der Waals surface area contributed by atoms with Gasteiger partial charge in [-0.25, -0.2) is 4.79 Å². The molecule has 0 saturated heterocycles. The molecule has 0 aliphatic heterocycles. The van der Waals surface area contributed by atoms with E-state index >= 15 is 0 Å². The molecule has 0 aliphatic carbocycles. The quantitative estimate of drug-likeness (QED) is 0.520. The van der Waals surface area contributed by atoms with Crippen molar-refractivity contribution in [1.82, 2.24) is 4.90 Å². The summed E-state index contributed by atoms with van der Waals surface area (Å²) in [4.78, 5) is 13.0. The highest BCUT2D eigenvalue weighted by atomic mass is 16.2. The molecule has 2 N–H and O–H groups in total. The standard InChI is InChI=1S/C15H32N2O/c1-3-5-7-8-9-10-11-12-14-17(15(16)18)13-6-4-2/h3-14H2,1-2H3,(H2,16,18). The average Bonchev–Trinajstić information content (AvgIpc) is 2.35. The monoisotopic (exact) mass is 256 g/mol. The molecule has 0 fully saturated rings. The number of amides is 2. The molecule has 3 nitrogen and oxygen atoms in total. The molecule has 18 heavy (non-hydrogen) atoms. The first kappa shape index (κ1) is 17.3. The first-order valence-corrected chi connectivity index (χ1v) is 7.76. The molecular weight excluding hydrogens is 224 g/mol. The second kappa shape index (κ2) is 12.7. The predicted molar refractivity (Wildman–Crippen MR) is 78.7 cm³/mol. The van der Waals surface area contributed by atoms with Crippen LogP contribution in [0.3, 0.4) is 0 Å². The van der Waals surface area contributed by atoms with Crippen molar-refractivity contribution in [1.29, 1.82) is 0 Å². The van der Waals surface area contributed by atoms with E-state index in [-0.39, 0.29) is 6.03 Å². The van der Waals surface area contributed by atoms with E-state index in [2.05, 4.69) is 13.8 Å². The van der Waals surface area contributed by atoms with Gasteiger partial charge in [-0.1, -0.05) is 65.2 Å². The third kappa shape index (κ3) is 10.4. The summed E-state index contributed by atoms with van der Waals surface area (Å²) >= 11 is 0. The second-order valence-corrected chi connectivity index (χ2v) is 5.15. The highest BCUT2D eigenvalue weighted by molar-refractivity contribution is 5.71. The van der Waals surface area contributed by atoms with Crippen LogP contribution in [0.4, 0.5) is 4.79 Å². The number of carbonyl (C=O) groups is 1. The van der Waals surface area contributed by atoms with Crippen LogP contribution in [0.5, 0.6) is 0 Å². The van der Waals surface area contributed by atoms with E-state index in [1.54, 1.807) is 4.90 Å². The van der Waals surface area contributed by atoms with Crippen molar-refractivity contribution in [2.45, 2.75) is 78.1 Å². The minimum atomic E-state index is -0.258. The number of hydrogen-bond acceptors (Lipinski definition) is 1. The van der Waals surface area contributed by atoms with Crippen molar-refractivity contribution in [2.24, 2.45) is 5.73 Å². The van der Waals surface area contributed by atoms with Crippen LogP contribution in [0.2, 0.25) is 0 Å². The molecular formula is C15H32N2O. The van der Waals surface area contributed by atoms with Gasteiger partial charge in [-0.05, 0) is 12.8 Å². The van der Waals surface area contributed by atoms with Crippen LogP contribution in [0.25, 0.3) is 0 Å². The van der Waals surface area contributed by atoms with Crippen LogP contribution in [0.1, 0.15) is 78.1 Å². The molecule has 0 aromatic rings. The molecule has 0 atom stereocenters. The topological polar surface area (TPSA) is 46.3 Å². The Bertz CT molecular complexity index is 195. The van der Waals surface area contributed by atoms with Gasteiger partial charge in [0.25, 0.3) is 0 Å². The fraction of sp³-hybridized carbons (Fsp3) is 0.933. The highest BCUT2D eigenvalue weighted by Gasteiger charge is 2.07. The lowest BCUT2D eigenvalue weighted by Crippen LogP contribution is -2.37. The minimum Gasteiger partial charge on any atom is -0.351 e. The van der Waals surface area contributed by atoms with E-state index in [0.29, 0.717) is 0 Å². The lowest BCUT2D eigenvalue weighted by Gasteiger charge is -2.19. The molecule has 0 rings (SSSR count). The predicted octanol–water partition coefficient (Wildman–Crippen LogP) is 4.31. The number of hydrogen-bond donors (Lipinski definition) is 1. The van der Waals surface area contributed by atoms with Crippen molar-refractivity contribution in [3.05, 3.63) is 0 Å². The van der Waals surface area contributed by atoms with Crippen molar-refractivity contribution in [2.75, 3.05) is 13.1 Å². The molecule has 108 valence electrons. The normalized spacial score (nSPS) is 10.6. The van der Waals surface area contributed by atoms with Gasteiger partial charge >= 0.3 is 6.03 Å². The number of unbranched alkanes of at least 4 members (excludes halogenated alkanes) is 8. The molecule has 0 aromatic heterocycles. The van der Waals surface area contributed by atoms with Crippen molar-refractivity contribution in [3.8, 4) is 0 Å². The summed E-state index contributed by atoms with van der Waals surface area (Å²) in [6, 6.07) is -0.258. The van der Waals surface area contributed by atoms with Crippen LogP contribution in [0.15, 0.2) is 0 Å². The molecule has 0 saturated carbocycles. The molecule has 0 aliphatic rings. The van der Waals surface area contributed by atoms with Crippen molar-refractivity contribution >= 4 is 6.03 Å². The van der Waals surface area contributed by atoms with Crippen LogP contribution >= 0.6 is 0 Å². The van der Waals surface area contributed by atoms with Crippen LogP contribution in [-0.4, -0.2) is 24.0 Å². The van der Waals surface area contributed by atoms with Gasteiger partial charge in [0.1, 0.15) is 0 Å². The number of carbonyl (C=O) groups excluding carboxylic acids is 1. The number of nitrogens with zero attached hydrogens (tertiary/aromatic N) is 1.